The van der Waals surface area contributed by atoms with Crippen molar-refractivity contribution in [2.24, 2.45) is 0 Å². The first-order valence-electron chi connectivity index (χ1n) is 3.92. The van der Waals surface area contributed by atoms with Crippen LogP contribution in [0, 0.1) is 0 Å². The molecule has 0 aliphatic carbocycles. The zero-order chi connectivity index (χ0) is 10.8. The van der Waals surface area contributed by atoms with Crippen molar-refractivity contribution in [3.8, 4) is 0 Å². The molecule has 0 bridgehead atoms. The molecular weight excluding hydrogens is 300 g/mol. The van der Waals surface area contributed by atoms with Gasteiger partial charge in [-0.25, -0.2) is 9.97 Å². The lowest BCUT2D eigenvalue weighted by Gasteiger charge is -1.88. The summed E-state index contributed by atoms with van der Waals surface area (Å²) in [5.41, 5.74) is 0.794. The number of rotatable bonds is 3. The zero-order valence-corrected chi connectivity index (χ0v) is 10.5. The smallest absolute Gasteiger partial charge is 0.313 e. The number of thiazole rings is 1. The van der Waals surface area contributed by atoms with Crippen LogP contribution in [0.2, 0.25) is 0 Å². The minimum Gasteiger partial charge on any atom is -0.481 e. The SMILES string of the molecule is O=C(O)CSc1nc2cc(Br)cnc2s1. The summed E-state index contributed by atoms with van der Waals surface area (Å²) in [6.07, 6.45) is 1.70. The highest BCUT2D eigenvalue weighted by atomic mass is 79.9. The topological polar surface area (TPSA) is 63.1 Å². The number of fused-ring (bicyclic) bond motifs is 1. The maximum absolute atomic E-state index is 10.4. The molecule has 0 aliphatic heterocycles. The molecule has 0 radical (unpaired) electrons. The summed E-state index contributed by atoms with van der Waals surface area (Å²) in [5, 5.41) is 8.53. The van der Waals surface area contributed by atoms with E-state index in [0.29, 0.717) is 0 Å². The highest BCUT2D eigenvalue weighted by Crippen LogP contribution is 2.29. The van der Waals surface area contributed by atoms with Gasteiger partial charge in [0.1, 0.15) is 10.3 Å². The fraction of sp³-hybridized carbons (Fsp3) is 0.125. The highest BCUT2D eigenvalue weighted by Gasteiger charge is 2.07. The number of carbonyl (C=O) groups is 1. The van der Waals surface area contributed by atoms with Crippen LogP contribution in [-0.2, 0) is 4.79 Å². The van der Waals surface area contributed by atoms with Crippen LogP contribution in [0.4, 0.5) is 0 Å². The second-order valence-corrected chi connectivity index (χ2v) is 5.76. The fourth-order valence-electron chi connectivity index (χ4n) is 0.964. The Hall–Kier alpha value is -0.660. The zero-order valence-electron chi connectivity index (χ0n) is 7.31. The van der Waals surface area contributed by atoms with Crippen LogP contribution in [-0.4, -0.2) is 26.8 Å². The minimum atomic E-state index is -0.839. The Morgan fingerprint density at radius 1 is 1.67 bits per heavy atom. The molecule has 4 nitrogen and oxygen atoms in total. The van der Waals surface area contributed by atoms with Gasteiger partial charge in [0.15, 0.2) is 4.34 Å². The molecule has 2 aromatic heterocycles. The van der Waals surface area contributed by atoms with Crippen LogP contribution in [0.15, 0.2) is 21.1 Å². The van der Waals surface area contributed by atoms with Gasteiger partial charge >= 0.3 is 5.97 Å². The molecular formula is C8H5BrN2O2S2. The summed E-state index contributed by atoms with van der Waals surface area (Å²) in [5.74, 6) is -0.811. The number of hydrogen-bond acceptors (Lipinski definition) is 5. The molecule has 0 saturated heterocycles. The number of aromatic nitrogens is 2. The predicted molar refractivity (Wildman–Crippen MR) is 63.5 cm³/mol. The average Bonchev–Trinajstić information content (AvgIpc) is 2.56. The quantitative estimate of drug-likeness (QED) is 0.883. The molecule has 2 aromatic rings. The van der Waals surface area contributed by atoms with Gasteiger partial charge in [0.25, 0.3) is 0 Å². The van der Waals surface area contributed by atoms with Gasteiger partial charge < -0.3 is 5.11 Å². The first kappa shape index (κ1) is 10.8. The third-order valence-electron chi connectivity index (χ3n) is 1.51. The molecule has 0 unspecified atom stereocenters. The van der Waals surface area contributed by atoms with E-state index in [1.807, 2.05) is 6.07 Å². The molecule has 0 spiro atoms. The van der Waals surface area contributed by atoms with Crippen LogP contribution in [0.5, 0.6) is 0 Å². The average molecular weight is 305 g/mol. The van der Waals surface area contributed by atoms with Gasteiger partial charge in [-0.05, 0) is 22.0 Å². The second kappa shape index (κ2) is 4.46. The standard InChI is InChI=1S/C8H5BrN2O2S2/c9-4-1-5-7(10-2-4)15-8(11-5)14-3-6(12)13/h1-2H,3H2,(H,12,13). The molecule has 0 amide bonds. The molecule has 15 heavy (non-hydrogen) atoms. The summed E-state index contributed by atoms with van der Waals surface area (Å²) < 4.78 is 1.60. The molecule has 0 atom stereocenters. The lowest BCUT2D eigenvalue weighted by atomic mass is 10.5. The number of hydrogen-bond donors (Lipinski definition) is 1. The van der Waals surface area contributed by atoms with Gasteiger partial charge in [0.05, 0.1) is 5.75 Å². The molecule has 2 rings (SSSR count). The number of nitrogens with zero attached hydrogens (tertiary/aromatic N) is 2. The number of carboxylic acid groups (broad SMARTS) is 1. The van der Waals surface area contributed by atoms with E-state index >= 15 is 0 Å². The van der Waals surface area contributed by atoms with Gasteiger partial charge in [-0.15, -0.1) is 0 Å². The number of halogens is 1. The first-order valence-corrected chi connectivity index (χ1v) is 6.51. The Bertz CT molecular complexity index is 514. The molecule has 7 heteroatoms. The predicted octanol–water partition coefficient (Wildman–Crippen LogP) is 2.63. The lowest BCUT2D eigenvalue weighted by molar-refractivity contribution is -0.133. The van der Waals surface area contributed by atoms with E-state index in [9.17, 15) is 4.79 Å². The van der Waals surface area contributed by atoms with Crippen molar-refractivity contribution < 1.29 is 9.90 Å². The minimum absolute atomic E-state index is 0.0288. The molecule has 78 valence electrons. The van der Waals surface area contributed by atoms with Crippen LogP contribution in [0.25, 0.3) is 10.3 Å². The van der Waals surface area contributed by atoms with Gasteiger partial charge in [-0.1, -0.05) is 23.1 Å². The molecule has 0 fully saturated rings. The Balaban J connectivity index is 2.27. The molecule has 0 aromatic carbocycles. The molecule has 0 aliphatic rings. The maximum Gasteiger partial charge on any atom is 0.313 e. The summed E-state index contributed by atoms with van der Waals surface area (Å²) in [4.78, 5) is 19.6. The van der Waals surface area contributed by atoms with E-state index in [-0.39, 0.29) is 5.75 Å². The van der Waals surface area contributed by atoms with Gasteiger partial charge in [-0.2, -0.15) is 0 Å². The summed E-state index contributed by atoms with van der Waals surface area (Å²) >= 11 is 5.92. The van der Waals surface area contributed by atoms with Crippen molar-refractivity contribution >= 4 is 55.3 Å². The van der Waals surface area contributed by atoms with Crippen LogP contribution in [0.1, 0.15) is 0 Å². The van der Waals surface area contributed by atoms with Gasteiger partial charge in [-0.3, -0.25) is 4.79 Å². The van der Waals surface area contributed by atoms with Crippen molar-refractivity contribution in [2.75, 3.05) is 5.75 Å². The number of carboxylic acids is 1. The Labute approximate surface area is 102 Å². The molecule has 2 heterocycles. The Kier molecular flexibility index (Phi) is 3.22. The van der Waals surface area contributed by atoms with Crippen LogP contribution < -0.4 is 0 Å². The van der Waals surface area contributed by atoms with Crippen molar-refractivity contribution in [1.82, 2.24) is 9.97 Å². The Morgan fingerprint density at radius 3 is 3.20 bits per heavy atom. The number of pyridine rings is 1. The first-order chi connectivity index (χ1) is 7.15. The van der Waals surface area contributed by atoms with E-state index in [1.54, 1.807) is 6.20 Å². The highest BCUT2D eigenvalue weighted by molar-refractivity contribution is 9.10. The summed E-state index contributed by atoms with van der Waals surface area (Å²) in [6, 6.07) is 1.86. The van der Waals surface area contributed by atoms with Crippen molar-refractivity contribution in [3.63, 3.8) is 0 Å². The third-order valence-corrected chi connectivity index (χ3v) is 4.05. The van der Waals surface area contributed by atoms with E-state index in [4.69, 9.17) is 5.11 Å². The molecule has 1 N–H and O–H groups in total. The third kappa shape index (κ3) is 2.67. The van der Waals surface area contributed by atoms with Crippen LogP contribution in [0.3, 0.4) is 0 Å². The largest absolute Gasteiger partial charge is 0.481 e. The number of aliphatic carboxylic acids is 1. The summed E-state index contributed by atoms with van der Waals surface area (Å²) in [7, 11) is 0. The van der Waals surface area contributed by atoms with Crippen molar-refractivity contribution in [3.05, 3.63) is 16.7 Å². The summed E-state index contributed by atoms with van der Waals surface area (Å²) in [6.45, 7) is 0. The van der Waals surface area contributed by atoms with Crippen LogP contribution >= 0.6 is 39.0 Å². The van der Waals surface area contributed by atoms with Gasteiger partial charge in [0, 0.05) is 10.7 Å². The lowest BCUT2D eigenvalue weighted by Crippen LogP contribution is -1.96. The Morgan fingerprint density at radius 2 is 2.47 bits per heavy atom. The van der Waals surface area contributed by atoms with E-state index in [2.05, 4.69) is 25.9 Å². The number of thioether (sulfide) groups is 1. The van der Waals surface area contributed by atoms with E-state index in [1.165, 1.54) is 23.1 Å². The molecule has 0 saturated carbocycles. The van der Waals surface area contributed by atoms with E-state index in [0.717, 1.165) is 19.2 Å². The van der Waals surface area contributed by atoms with Crippen molar-refractivity contribution in [2.45, 2.75) is 4.34 Å². The monoisotopic (exact) mass is 304 g/mol. The normalized spacial score (nSPS) is 10.7. The second-order valence-electron chi connectivity index (χ2n) is 2.64. The van der Waals surface area contributed by atoms with E-state index < -0.39 is 5.97 Å². The van der Waals surface area contributed by atoms with Crippen molar-refractivity contribution in [1.29, 1.82) is 0 Å². The fourth-order valence-corrected chi connectivity index (χ4v) is 2.97. The van der Waals surface area contributed by atoms with Gasteiger partial charge in [0.2, 0.25) is 0 Å². The maximum atomic E-state index is 10.4.